The third-order valence-electron chi connectivity index (χ3n) is 5.51. The Kier molecular flexibility index (Phi) is 6.39. The molecule has 1 N–H and O–H groups in total. The Labute approximate surface area is 166 Å². The largest absolute Gasteiger partial charge is 0.490 e. The molecule has 2 aromatic rings. The smallest absolute Gasteiger partial charge is 0.278 e. The number of likely N-dealkylation sites (tertiary alicyclic amines) is 1. The molecule has 0 spiro atoms. The van der Waals surface area contributed by atoms with E-state index < -0.39 is 0 Å². The van der Waals surface area contributed by atoms with Gasteiger partial charge in [0.1, 0.15) is 0 Å². The Morgan fingerprint density at radius 2 is 1.85 bits per heavy atom. The van der Waals surface area contributed by atoms with Gasteiger partial charge in [-0.25, -0.2) is 4.68 Å². The SMILES string of the molecule is CCOc1cn(-c2ccccc2)nc1C(=O)N1CC[C@@H]2CNC[C@@H]2CC1.Cl. The van der Waals surface area contributed by atoms with Gasteiger partial charge in [-0.3, -0.25) is 4.79 Å². The van der Waals surface area contributed by atoms with Crippen molar-refractivity contribution in [3.63, 3.8) is 0 Å². The standard InChI is InChI=1S/C20H26N4O2.ClH/c1-2-26-18-14-24(17-6-4-3-5-7-17)22-19(18)20(25)23-10-8-15-12-21-13-16(15)9-11-23;/h3-7,14-16,21H,2,8-13H2,1H3;1H/t15-,16+;. The molecular formula is C20H27ClN4O2. The van der Waals surface area contributed by atoms with Crippen molar-refractivity contribution in [3.8, 4) is 11.4 Å². The molecule has 1 amide bonds. The summed E-state index contributed by atoms with van der Waals surface area (Å²) in [6.07, 6.45) is 3.93. The predicted octanol–water partition coefficient (Wildman–Crippen LogP) is 2.76. The zero-order chi connectivity index (χ0) is 17.9. The lowest BCUT2D eigenvalue weighted by Gasteiger charge is -2.20. The van der Waals surface area contributed by atoms with E-state index >= 15 is 0 Å². The molecule has 2 aliphatic rings. The van der Waals surface area contributed by atoms with E-state index in [-0.39, 0.29) is 18.3 Å². The van der Waals surface area contributed by atoms with Crippen LogP contribution in [0.15, 0.2) is 36.5 Å². The highest BCUT2D eigenvalue weighted by Gasteiger charge is 2.33. The zero-order valence-electron chi connectivity index (χ0n) is 15.6. The number of hydrogen-bond acceptors (Lipinski definition) is 4. The number of nitrogens with zero attached hydrogens (tertiary/aromatic N) is 3. The van der Waals surface area contributed by atoms with Gasteiger partial charge in [0.05, 0.1) is 18.5 Å². The van der Waals surface area contributed by atoms with Crippen molar-refractivity contribution < 1.29 is 9.53 Å². The van der Waals surface area contributed by atoms with E-state index in [9.17, 15) is 4.79 Å². The van der Waals surface area contributed by atoms with Gasteiger partial charge in [0.2, 0.25) is 0 Å². The lowest BCUT2D eigenvalue weighted by atomic mass is 9.92. The van der Waals surface area contributed by atoms with Crippen molar-refractivity contribution in [3.05, 3.63) is 42.2 Å². The minimum absolute atomic E-state index is 0. The molecule has 4 rings (SSSR count). The highest BCUT2D eigenvalue weighted by Crippen LogP contribution is 2.29. The maximum atomic E-state index is 13.2. The second-order valence-corrected chi connectivity index (χ2v) is 7.10. The molecule has 0 aliphatic carbocycles. The molecule has 1 aromatic heterocycles. The van der Waals surface area contributed by atoms with Gasteiger partial charge in [0.25, 0.3) is 5.91 Å². The van der Waals surface area contributed by atoms with Gasteiger partial charge in [-0.15, -0.1) is 12.4 Å². The quantitative estimate of drug-likeness (QED) is 0.872. The van der Waals surface area contributed by atoms with Crippen molar-refractivity contribution >= 4 is 18.3 Å². The molecular weight excluding hydrogens is 364 g/mol. The van der Waals surface area contributed by atoms with Crippen molar-refractivity contribution in [2.24, 2.45) is 11.8 Å². The van der Waals surface area contributed by atoms with E-state index in [0.29, 0.717) is 29.9 Å². The number of carbonyl (C=O) groups is 1. The molecule has 2 aliphatic heterocycles. The fraction of sp³-hybridized carbons (Fsp3) is 0.500. The Bertz CT molecular complexity index is 751. The summed E-state index contributed by atoms with van der Waals surface area (Å²) in [6, 6.07) is 9.82. The highest BCUT2D eigenvalue weighted by atomic mass is 35.5. The van der Waals surface area contributed by atoms with Crippen LogP contribution in [-0.2, 0) is 0 Å². The molecule has 6 nitrogen and oxygen atoms in total. The van der Waals surface area contributed by atoms with Crippen LogP contribution in [0.4, 0.5) is 0 Å². The zero-order valence-corrected chi connectivity index (χ0v) is 16.5. The summed E-state index contributed by atoms with van der Waals surface area (Å²) in [5.41, 5.74) is 1.34. The molecule has 1 aromatic carbocycles. The van der Waals surface area contributed by atoms with Crippen LogP contribution in [0, 0.1) is 11.8 Å². The van der Waals surface area contributed by atoms with Gasteiger partial charge in [-0.1, -0.05) is 18.2 Å². The van der Waals surface area contributed by atoms with Gasteiger partial charge in [0.15, 0.2) is 11.4 Å². The Morgan fingerprint density at radius 3 is 2.48 bits per heavy atom. The van der Waals surface area contributed by atoms with E-state index in [1.54, 1.807) is 4.68 Å². The number of fused-ring (bicyclic) bond motifs is 1. The normalized spacial score (nSPS) is 21.9. The summed E-state index contributed by atoms with van der Waals surface area (Å²) in [5, 5.41) is 8.04. The van der Waals surface area contributed by atoms with E-state index in [0.717, 1.165) is 44.7 Å². The molecule has 2 saturated heterocycles. The number of halogens is 1. The molecule has 2 atom stereocenters. The molecule has 146 valence electrons. The fourth-order valence-corrected chi connectivity index (χ4v) is 4.05. The van der Waals surface area contributed by atoms with E-state index in [2.05, 4.69) is 10.4 Å². The molecule has 0 unspecified atom stereocenters. The third-order valence-corrected chi connectivity index (χ3v) is 5.51. The summed E-state index contributed by atoms with van der Waals surface area (Å²) in [4.78, 5) is 15.1. The Hall–Kier alpha value is -2.05. The first kappa shape index (κ1) is 19.7. The minimum atomic E-state index is -0.0175. The van der Waals surface area contributed by atoms with Crippen LogP contribution in [0.3, 0.4) is 0 Å². The third kappa shape index (κ3) is 4.12. The maximum absolute atomic E-state index is 13.2. The molecule has 2 fully saturated rings. The van der Waals surface area contributed by atoms with Gasteiger partial charge < -0.3 is 15.0 Å². The summed E-state index contributed by atoms with van der Waals surface area (Å²) in [5.74, 6) is 1.94. The number of rotatable bonds is 4. The summed E-state index contributed by atoms with van der Waals surface area (Å²) >= 11 is 0. The number of benzene rings is 1. The van der Waals surface area contributed by atoms with Gasteiger partial charge >= 0.3 is 0 Å². The highest BCUT2D eigenvalue weighted by molar-refractivity contribution is 5.95. The van der Waals surface area contributed by atoms with E-state index in [1.807, 2.05) is 48.4 Å². The van der Waals surface area contributed by atoms with Crippen LogP contribution in [-0.4, -0.2) is 53.4 Å². The fourth-order valence-electron chi connectivity index (χ4n) is 4.05. The van der Waals surface area contributed by atoms with Crippen LogP contribution >= 0.6 is 12.4 Å². The number of ether oxygens (including phenoxy) is 1. The van der Waals surface area contributed by atoms with Crippen molar-refractivity contribution in [1.82, 2.24) is 20.0 Å². The van der Waals surface area contributed by atoms with Crippen LogP contribution in [0.25, 0.3) is 5.69 Å². The van der Waals surface area contributed by atoms with Gasteiger partial charge in [-0.2, -0.15) is 5.10 Å². The topological polar surface area (TPSA) is 59.4 Å². The van der Waals surface area contributed by atoms with E-state index in [1.165, 1.54) is 0 Å². The van der Waals surface area contributed by atoms with Crippen molar-refractivity contribution in [2.75, 3.05) is 32.8 Å². The summed E-state index contributed by atoms with van der Waals surface area (Å²) < 4.78 is 7.45. The van der Waals surface area contributed by atoms with Gasteiger partial charge in [0, 0.05) is 13.1 Å². The molecule has 0 radical (unpaired) electrons. The van der Waals surface area contributed by atoms with E-state index in [4.69, 9.17) is 4.74 Å². The lowest BCUT2D eigenvalue weighted by molar-refractivity contribution is 0.0748. The minimum Gasteiger partial charge on any atom is -0.490 e. The lowest BCUT2D eigenvalue weighted by Crippen LogP contribution is -2.33. The number of hydrogen-bond donors (Lipinski definition) is 1. The number of para-hydroxylation sites is 1. The summed E-state index contributed by atoms with van der Waals surface area (Å²) in [7, 11) is 0. The molecule has 0 bridgehead atoms. The number of carbonyl (C=O) groups excluding carboxylic acids is 1. The molecule has 0 saturated carbocycles. The first-order chi connectivity index (χ1) is 12.8. The van der Waals surface area contributed by atoms with Crippen LogP contribution in [0.5, 0.6) is 5.75 Å². The van der Waals surface area contributed by atoms with Crippen LogP contribution in [0.2, 0.25) is 0 Å². The van der Waals surface area contributed by atoms with Crippen LogP contribution < -0.4 is 10.1 Å². The Balaban J connectivity index is 0.00000210. The molecule has 3 heterocycles. The second-order valence-electron chi connectivity index (χ2n) is 7.10. The van der Waals surface area contributed by atoms with Crippen LogP contribution in [0.1, 0.15) is 30.3 Å². The first-order valence-electron chi connectivity index (χ1n) is 9.54. The maximum Gasteiger partial charge on any atom is 0.278 e. The van der Waals surface area contributed by atoms with Gasteiger partial charge in [-0.05, 0) is 56.8 Å². The second kappa shape index (κ2) is 8.76. The first-order valence-corrected chi connectivity index (χ1v) is 9.54. The average molecular weight is 391 g/mol. The monoisotopic (exact) mass is 390 g/mol. The van der Waals surface area contributed by atoms with Crippen molar-refractivity contribution in [2.45, 2.75) is 19.8 Å². The number of aromatic nitrogens is 2. The predicted molar refractivity (Wildman–Crippen MR) is 107 cm³/mol. The van der Waals surface area contributed by atoms with Crippen molar-refractivity contribution in [1.29, 1.82) is 0 Å². The number of nitrogens with one attached hydrogen (secondary N) is 1. The molecule has 27 heavy (non-hydrogen) atoms. The number of amides is 1. The Morgan fingerprint density at radius 1 is 1.19 bits per heavy atom. The average Bonchev–Trinajstić information content (AvgIpc) is 3.25. The molecule has 7 heteroatoms. The summed E-state index contributed by atoms with van der Waals surface area (Å²) in [6.45, 7) is 6.20.